The van der Waals surface area contributed by atoms with E-state index in [1.165, 1.54) is 25.8 Å². The maximum absolute atomic E-state index is 5.74. The smallest absolute Gasteiger partial charge is 0.0351 e. The molecule has 1 heterocycles. The molecule has 0 spiro atoms. The molecule has 12 heavy (non-hydrogen) atoms. The number of nitrogens with zero attached hydrogens (tertiary/aromatic N) is 1. The summed E-state index contributed by atoms with van der Waals surface area (Å²) in [5, 5.41) is 0. The summed E-state index contributed by atoms with van der Waals surface area (Å²) in [5.74, 6) is 1.53. The van der Waals surface area contributed by atoms with Crippen LogP contribution in [0.4, 0.5) is 0 Å². The highest BCUT2D eigenvalue weighted by Gasteiger charge is 2.20. The maximum atomic E-state index is 5.74. The normalized spacial score (nSPS) is 26.0. The van der Waals surface area contributed by atoms with Gasteiger partial charge in [-0.2, -0.15) is 0 Å². The van der Waals surface area contributed by atoms with Crippen molar-refractivity contribution < 1.29 is 0 Å². The Morgan fingerprint density at radius 1 is 1.17 bits per heavy atom. The molecule has 0 aromatic carbocycles. The first-order valence-electron chi connectivity index (χ1n) is 4.74. The molecule has 0 aliphatic carbocycles. The molecule has 1 fully saturated rings. The van der Waals surface area contributed by atoms with Gasteiger partial charge in [0, 0.05) is 24.3 Å². The van der Waals surface area contributed by atoms with Crippen LogP contribution < -0.4 is 0 Å². The average molecular weight is 210 g/mol. The molecular formula is C9H17Cl2N. The Labute approximate surface area is 85.0 Å². The Kier molecular flexibility index (Phi) is 5.37. The van der Waals surface area contributed by atoms with E-state index in [1.807, 2.05) is 0 Å². The van der Waals surface area contributed by atoms with Crippen molar-refractivity contribution in [3.8, 4) is 0 Å². The van der Waals surface area contributed by atoms with Crippen LogP contribution in [0.5, 0.6) is 0 Å². The van der Waals surface area contributed by atoms with Crippen molar-refractivity contribution in [1.29, 1.82) is 0 Å². The fraction of sp³-hybridized carbons (Fsp3) is 1.00. The van der Waals surface area contributed by atoms with Crippen LogP contribution in [0.2, 0.25) is 0 Å². The molecule has 1 rings (SSSR count). The molecule has 1 aliphatic rings. The summed E-state index contributed by atoms with van der Waals surface area (Å²) in [4.78, 5) is 2.49. The summed E-state index contributed by atoms with van der Waals surface area (Å²) >= 11 is 11.5. The number of piperidine rings is 1. The predicted octanol–water partition coefficient (Wildman–Crippen LogP) is 2.71. The van der Waals surface area contributed by atoms with E-state index in [9.17, 15) is 0 Å². The SMILES string of the molecule is ClCCC1CCCCN1CCCl. The van der Waals surface area contributed by atoms with Crippen LogP contribution in [0.25, 0.3) is 0 Å². The summed E-state index contributed by atoms with van der Waals surface area (Å²) in [6.07, 6.45) is 5.12. The summed E-state index contributed by atoms with van der Waals surface area (Å²) in [6, 6.07) is 0.704. The zero-order valence-electron chi connectivity index (χ0n) is 7.44. The second-order valence-electron chi connectivity index (χ2n) is 3.35. The lowest BCUT2D eigenvalue weighted by molar-refractivity contribution is 0.154. The van der Waals surface area contributed by atoms with Crippen molar-refractivity contribution in [3.05, 3.63) is 0 Å². The van der Waals surface area contributed by atoms with Crippen LogP contribution in [0.1, 0.15) is 25.7 Å². The molecule has 0 bridgehead atoms. The van der Waals surface area contributed by atoms with Gasteiger partial charge in [-0.1, -0.05) is 6.42 Å². The molecular weight excluding hydrogens is 193 g/mol. The van der Waals surface area contributed by atoms with Gasteiger partial charge < -0.3 is 0 Å². The van der Waals surface area contributed by atoms with Gasteiger partial charge in [0.15, 0.2) is 0 Å². The lowest BCUT2D eigenvalue weighted by Gasteiger charge is -2.34. The largest absolute Gasteiger partial charge is 0.299 e. The van der Waals surface area contributed by atoms with Crippen molar-refractivity contribution in [2.75, 3.05) is 24.8 Å². The van der Waals surface area contributed by atoms with Crippen LogP contribution >= 0.6 is 23.2 Å². The highest BCUT2D eigenvalue weighted by Crippen LogP contribution is 2.19. The first kappa shape index (κ1) is 10.6. The van der Waals surface area contributed by atoms with Crippen molar-refractivity contribution >= 4 is 23.2 Å². The minimum atomic E-state index is 0.704. The number of halogens is 2. The molecule has 1 nitrogen and oxygen atoms in total. The second-order valence-corrected chi connectivity index (χ2v) is 4.11. The Morgan fingerprint density at radius 2 is 2.00 bits per heavy atom. The van der Waals surface area contributed by atoms with Crippen LogP contribution in [0, 0.1) is 0 Å². The molecule has 1 unspecified atom stereocenters. The molecule has 0 aromatic rings. The van der Waals surface area contributed by atoms with Gasteiger partial charge in [0.1, 0.15) is 0 Å². The lowest BCUT2D eigenvalue weighted by Crippen LogP contribution is -2.40. The van der Waals surface area contributed by atoms with E-state index in [1.54, 1.807) is 0 Å². The van der Waals surface area contributed by atoms with Gasteiger partial charge in [-0.05, 0) is 25.8 Å². The Balaban J connectivity index is 2.31. The molecule has 1 saturated heterocycles. The summed E-state index contributed by atoms with van der Waals surface area (Å²) in [5.41, 5.74) is 0. The monoisotopic (exact) mass is 209 g/mol. The fourth-order valence-electron chi connectivity index (χ4n) is 1.92. The minimum absolute atomic E-state index is 0.704. The molecule has 1 aliphatic heterocycles. The molecule has 0 amide bonds. The van der Waals surface area contributed by atoms with E-state index in [2.05, 4.69) is 4.90 Å². The molecule has 1 atom stereocenters. The van der Waals surface area contributed by atoms with E-state index in [0.717, 1.165) is 24.7 Å². The lowest BCUT2D eigenvalue weighted by atomic mass is 10.0. The number of hydrogen-bond acceptors (Lipinski definition) is 1. The van der Waals surface area contributed by atoms with Crippen molar-refractivity contribution in [3.63, 3.8) is 0 Å². The first-order valence-corrected chi connectivity index (χ1v) is 5.81. The van der Waals surface area contributed by atoms with Crippen LogP contribution in [-0.4, -0.2) is 35.8 Å². The minimum Gasteiger partial charge on any atom is -0.299 e. The van der Waals surface area contributed by atoms with E-state index in [0.29, 0.717) is 6.04 Å². The summed E-state index contributed by atoms with van der Waals surface area (Å²) < 4.78 is 0. The standard InChI is InChI=1S/C9H17Cl2N/c10-5-4-9-3-1-2-7-12(9)8-6-11/h9H,1-8H2. The molecule has 0 saturated carbocycles. The van der Waals surface area contributed by atoms with Gasteiger partial charge in [0.2, 0.25) is 0 Å². The number of rotatable bonds is 4. The van der Waals surface area contributed by atoms with Gasteiger partial charge in [-0.15, -0.1) is 23.2 Å². The Hall–Kier alpha value is 0.540. The van der Waals surface area contributed by atoms with E-state index >= 15 is 0 Å². The number of likely N-dealkylation sites (tertiary alicyclic amines) is 1. The topological polar surface area (TPSA) is 3.24 Å². The van der Waals surface area contributed by atoms with Crippen molar-refractivity contribution in [2.24, 2.45) is 0 Å². The highest BCUT2D eigenvalue weighted by atomic mass is 35.5. The summed E-state index contributed by atoms with van der Waals surface area (Å²) in [6.45, 7) is 2.25. The van der Waals surface area contributed by atoms with Crippen molar-refractivity contribution in [1.82, 2.24) is 4.90 Å². The third-order valence-corrected chi connectivity index (χ3v) is 2.95. The first-order chi connectivity index (χ1) is 5.88. The predicted molar refractivity (Wildman–Crippen MR) is 55.3 cm³/mol. The van der Waals surface area contributed by atoms with Crippen LogP contribution in [0.3, 0.4) is 0 Å². The van der Waals surface area contributed by atoms with Crippen LogP contribution in [0.15, 0.2) is 0 Å². The Bertz CT molecular complexity index is 101. The third-order valence-electron chi connectivity index (χ3n) is 2.56. The summed E-state index contributed by atoms with van der Waals surface area (Å²) in [7, 11) is 0. The van der Waals surface area contributed by atoms with Crippen molar-refractivity contribution in [2.45, 2.75) is 31.7 Å². The average Bonchev–Trinajstić information content (AvgIpc) is 2.09. The maximum Gasteiger partial charge on any atom is 0.0351 e. The Morgan fingerprint density at radius 3 is 2.67 bits per heavy atom. The molecule has 0 N–H and O–H groups in total. The number of hydrogen-bond donors (Lipinski definition) is 0. The molecule has 0 radical (unpaired) electrons. The van der Waals surface area contributed by atoms with E-state index in [4.69, 9.17) is 23.2 Å². The molecule has 72 valence electrons. The zero-order valence-corrected chi connectivity index (χ0v) is 8.95. The van der Waals surface area contributed by atoms with Gasteiger partial charge >= 0.3 is 0 Å². The van der Waals surface area contributed by atoms with E-state index < -0.39 is 0 Å². The highest BCUT2D eigenvalue weighted by molar-refractivity contribution is 6.18. The van der Waals surface area contributed by atoms with Gasteiger partial charge in [-0.25, -0.2) is 0 Å². The van der Waals surface area contributed by atoms with Gasteiger partial charge in [0.25, 0.3) is 0 Å². The van der Waals surface area contributed by atoms with Gasteiger partial charge in [-0.3, -0.25) is 4.90 Å². The van der Waals surface area contributed by atoms with E-state index in [-0.39, 0.29) is 0 Å². The fourth-order valence-corrected chi connectivity index (χ4v) is 2.38. The zero-order chi connectivity index (χ0) is 8.81. The molecule has 3 heteroatoms. The molecule has 0 aromatic heterocycles. The number of alkyl halides is 2. The second kappa shape index (κ2) is 6.06. The van der Waals surface area contributed by atoms with Gasteiger partial charge in [0.05, 0.1) is 0 Å². The quantitative estimate of drug-likeness (QED) is 0.645. The third kappa shape index (κ3) is 3.12. The van der Waals surface area contributed by atoms with Crippen LogP contribution in [-0.2, 0) is 0 Å².